The highest BCUT2D eigenvalue weighted by molar-refractivity contribution is 5.91. The molecule has 0 unspecified atom stereocenters. The van der Waals surface area contributed by atoms with Gasteiger partial charge in [0, 0.05) is 31.9 Å². The summed E-state index contributed by atoms with van der Waals surface area (Å²) in [5.74, 6) is 0.0722. The van der Waals surface area contributed by atoms with E-state index in [2.05, 4.69) is 5.32 Å². The van der Waals surface area contributed by atoms with E-state index in [0.29, 0.717) is 13.0 Å². The smallest absolute Gasteiger partial charge is 0.224 e. The second-order valence-electron chi connectivity index (χ2n) is 4.59. The molecule has 1 aromatic rings. The van der Waals surface area contributed by atoms with Crippen molar-refractivity contribution in [3.8, 4) is 0 Å². The van der Waals surface area contributed by atoms with Gasteiger partial charge in [0.15, 0.2) is 0 Å². The van der Waals surface area contributed by atoms with Crippen LogP contribution >= 0.6 is 0 Å². The van der Waals surface area contributed by atoms with Crippen LogP contribution in [0, 0.1) is 0 Å². The Morgan fingerprint density at radius 1 is 1.28 bits per heavy atom. The van der Waals surface area contributed by atoms with Gasteiger partial charge in [-0.05, 0) is 37.6 Å². The van der Waals surface area contributed by atoms with Crippen molar-refractivity contribution in [2.24, 2.45) is 5.73 Å². The molecule has 0 aromatic heterocycles. The molecular formula is C14H23N3O. The van der Waals surface area contributed by atoms with Gasteiger partial charge in [-0.2, -0.15) is 0 Å². The van der Waals surface area contributed by atoms with Crippen LogP contribution in [0.15, 0.2) is 24.3 Å². The fraction of sp³-hybridized carbons (Fsp3) is 0.500. The molecule has 0 fully saturated rings. The lowest BCUT2D eigenvalue weighted by molar-refractivity contribution is -0.116. The maximum Gasteiger partial charge on any atom is 0.224 e. The van der Waals surface area contributed by atoms with Crippen molar-refractivity contribution in [2.45, 2.75) is 25.7 Å². The number of nitrogens with zero attached hydrogens (tertiary/aromatic N) is 1. The van der Waals surface area contributed by atoms with Crippen molar-refractivity contribution in [1.82, 2.24) is 0 Å². The summed E-state index contributed by atoms with van der Waals surface area (Å²) in [5.41, 5.74) is 7.34. The topological polar surface area (TPSA) is 58.4 Å². The van der Waals surface area contributed by atoms with Gasteiger partial charge in [0.05, 0.1) is 0 Å². The van der Waals surface area contributed by atoms with Crippen molar-refractivity contribution in [3.05, 3.63) is 24.3 Å². The van der Waals surface area contributed by atoms with Gasteiger partial charge in [-0.1, -0.05) is 12.5 Å². The highest BCUT2D eigenvalue weighted by Crippen LogP contribution is 2.17. The fourth-order valence-electron chi connectivity index (χ4n) is 1.69. The second-order valence-corrected chi connectivity index (χ2v) is 4.59. The monoisotopic (exact) mass is 249 g/mol. The third-order valence-electron chi connectivity index (χ3n) is 2.75. The number of carbonyl (C=O) groups excluding carboxylic acids is 1. The molecule has 0 atom stereocenters. The van der Waals surface area contributed by atoms with Crippen LogP contribution in [-0.4, -0.2) is 26.5 Å². The molecule has 1 aromatic carbocycles. The molecule has 0 spiro atoms. The zero-order chi connectivity index (χ0) is 13.4. The molecule has 18 heavy (non-hydrogen) atoms. The average Bonchev–Trinajstić information content (AvgIpc) is 2.35. The van der Waals surface area contributed by atoms with Crippen molar-refractivity contribution < 1.29 is 4.79 Å². The van der Waals surface area contributed by atoms with E-state index in [1.165, 1.54) is 0 Å². The first kappa shape index (κ1) is 14.5. The number of benzene rings is 1. The van der Waals surface area contributed by atoms with Crippen LogP contribution in [0.3, 0.4) is 0 Å². The summed E-state index contributed by atoms with van der Waals surface area (Å²) >= 11 is 0. The molecule has 0 heterocycles. The quantitative estimate of drug-likeness (QED) is 0.728. The molecule has 0 bridgehead atoms. The first-order valence-corrected chi connectivity index (χ1v) is 6.41. The number of hydrogen-bond acceptors (Lipinski definition) is 3. The SMILES string of the molecule is CN(C)c1cccc(NC(=O)CCCCCN)c1. The van der Waals surface area contributed by atoms with Crippen LogP contribution in [0.1, 0.15) is 25.7 Å². The van der Waals surface area contributed by atoms with E-state index in [-0.39, 0.29) is 5.91 Å². The van der Waals surface area contributed by atoms with E-state index >= 15 is 0 Å². The molecule has 1 amide bonds. The van der Waals surface area contributed by atoms with Crippen LogP contribution in [0.4, 0.5) is 11.4 Å². The third kappa shape index (κ3) is 5.19. The predicted octanol–water partition coefficient (Wildman–Crippen LogP) is 2.21. The number of nitrogens with two attached hydrogens (primary N) is 1. The van der Waals surface area contributed by atoms with Gasteiger partial charge in [-0.3, -0.25) is 4.79 Å². The molecule has 0 aliphatic carbocycles. The van der Waals surface area contributed by atoms with Crippen LogP contribution in [0.2, 0.25) is 0 Å². The Kier molecular flexibility index (Phi) is 6.22. The zero-order valence-electron chi connectivity index (χ0n) is 11.3. The van der Waals surface area contributed by atoms with Gasteiger partial charge in [-0.15, -0.1) is 0 Å². The normalized spacial score (nSPS) is 10.2. The number of amides is 1. The molecule has 0 saturated carbocycles. The zero-order valence-corrected chi connectivity index (χ0v) is 11.3. The minimum atomic E-state index is 0.0722. The Labute approximate surface area is 109 Å². The molecule has 3 N–H and O–H groups in total. The Balaban J connectivity index is 2.41. The summed E-state index contributed by atoms with van der Waals surface area (Å²) in [7, 11) is 3.96. The summed E-state index contributed by atoms with van der Waals surface area (Å²) in [6, 6.07) is 7.83. The summed E-state index contributed by atoms with van der Waals surface area (Å²) in [6.07, 6.45) is 3.47. The number of unbranched alkanes of at least 4 members (excludes halogenated alkanes) is 2. The van der Waals surface area contributed by atoms with Gasteiger partial charge < -0.3 is 16.0 Å². The molecule has 4 nitrogen and oxygen atoms in total. The maximum atomic E-state index is 11.7. The van der Waals surface area contributed by atoms with Crippen molar-refractivity contribution in [2.75, 3.05) is 30.9 Å². The largest absolute Gasteiger partial charge is 0.378 e. The van der Waals surface area contributed by atoms with Crippen molar-refractivity contribution in [3.63, 3.8) is 0 Å². The Morgan fingerprint density at radius 2 is 2.06 bits per heavy atom. The predicted molar refractivity (Wildman–Crippen MR) is 76.9 cm³/mol. The van der Waals surface area contributed by atoms with Crippen molar-refractivity contribution in [1.29, 1.82) is 0 Å². The van der Waals surface area contributed by atoms with Gasteiger partial charge in [0.25, 0.3) is 0 Å². The second kappa shape index (κ2) is 7.71. The Hall–Kier alpha value is -1.55. The average molecular weight is 249 g/mol. The van der Waals surface area contributed by atoms with Crippen LogP contribution in [0.5, 0.6) is 0 Å². The number of nitrogens with one attached hydrogen (secondary N) is 1. The van der Waals surface area contributed by atoms with E-state index in [9.17, 15) is 4.79 Å². The highest BCUT2D eigenvalue weighted by atomic mass is 16.1. The van der Waals surface area contributed by atoms with Crippen molar-refractivity contribution >= 4 is 17.3 Å². The summed E-state index contributed by atoms with van der Waals surface area (Å²) < 4.78 is 0. The third-order valence-corrected chi connectivity index (χ3v) is 2.75. The summed E-state index contributed by atoms with van der Waals surface area (Å²) in [6.45, 7) is 0.701. The molecule has 0 aliphatic heterocycles. The van der Waals surface area contributed by atoms with Crippen LogP contribution < -0.4 is 16.0 Å². The Morgan fingerprint density at radius 3 is 2.72 bits per heavy atom. The highest BCUT2D eigenvalue weighted by Gasteiger charge is 2.03. The molecule has 4 heteroatoms. The van der Waals surface area contributed by atoms with Gasteiger partial charge in [0.2, 0.25) is 5.91 Å². The number of carbonyl (C=O) groups is 1. The summed E-state index contributed by atoms with van der Waals surface area (Å²) in [4.78, 5) is 13.7. The first-order chi connectivity index (χ1) is 8.63. The lowest BCUT2D eigenvalue weighted by Crippen LogP contribution is -2.13. The van der Waals surface area contributed by atoms with Gasteiger partial charge in [0.1, 0.15) is 0 Å². The first-order valence-electron chi connectivity index (χ1n) is 6.41. The number of anilines is 2. The number of rotatable bonds is 7. The van der Waals surface area contributed by atoms with Crippen LogP contribution in [0.25, 0.3) is 0 Å². The summed E-state index contributed by atoms with van der Waals surface area (Å²) in [5, 5.41) is 2.92. The maximum absolute atomic E-state index is 11.7. The van der Waals surface area contributed by atoms with Gasteiger partial charge in [-0.25, -0.2) is 0 Å². The minimum Gasteiger partial charge on any atom is -0.378 e. The lowest BCUT2D eigenvalue weighted by atomic mass is 10.2. The lowest BCUT2D eigenvalue weighted by Gasteiger charge is -2.14. The van der Waals surface area contributed by atoms with Gasteiger partial charge >= 0.3 is 0 Å². The van der Waals surface area contributed by atoms with E-state index in [1.807, 2.05) is 43.3 Å². The van der Waals surface area contributed by atoms with E-state index < -0.39 is 0 Å². The standard InChI is InChI=1S/C14H23N3O/c1-17(2)13-8-6-7-12(11-13)16-14(18)9-4-3-5-10-15/h6-8,11H,3-5,9-10,15H2,1-2H3,(H,16,18). The molecule has 1 rings (SSSR count). The Bertz CT molecular complexity index is 377. The minimum absolute atomic E-state index is 0.0722. The molecular weight excluding hydrogens is 226 g/mol. The fourth-order valence-corrected chi connectivity index (χ4v) is 1.69. The van der Waals surface area contributed by atoms with Crippen LogP contribution in [-0.2, 0) is 4.79 Å². The molecule has 0 aliphatic rings. The molecule has 0 radical (unpaired) electrons. The van der Waals surface area contributed by atoms with E-state index in [0.717, 1.165) is 30.6 Å². The number of hydrogen-bond donors (Lipinski definition) is 2. The molecule has 100 valence electrons. The molecule has 0 saturated heterocycles. The van der Waals surface area contributed by atoms with E-state index in [4.69, 9.17) is 5.73 Å². The van der Waals surface area contributed by atoms with E-state index in [1.54, 1.807) is 0 Å².